The van der Waals surface area contributed by atoms with Gasteiger partial charge in [0.2, 0.25) is 5.91 Å². The minimum Gasteiger partial charge on any atom is -0.494 e. The topological polar surface area (TPSA) is 92.7 Å². The largest absolute Gasteiger partial charge is 0.494 e. The lowest BCUT2D eigenvalue weighted by Crippen LogP contribution is -2.52. The summed E-state index contributed by atoms with van der Waals surface area (Å²) in [6.07, 6.45) is 1.74. The van der Waals surface area contributed by atoms with Gasteiger partial charge >= 0.3 is 0 Å². The fraction of sp³-hybridized carbons (Fsp3) is 0.545. The number of amides is 2. The monoisotopic (exact) mass is 459 g/mol. The summed E-state index contributed by atoms with van der Waals surface area (Å²) in [5.41, 5.74) is 0.898. The molecule has 10 heteroatoms. The molecule has 0 bridgehead atoms. The maximum Gasteiger partial charge on any atom is 0.251 e. The number of H-pyrrole nitrogens is 1. The van der Waals surface area contributed by atoms with Crippen molar-refractivity contribution in [3.8, 4) is 17.1 Å². The molecule has 2 aliphatic heterocycles. The summed E-state index contributed by atoms with van der Waals surface area (Å²) >= 11 is 5.38. The summed E-state index contributed by atoms with van der Waals surface area (Å²) in [5.74, 6) is 1.59. The van der Waals surface area contributed by atoms with Crippen LogP contribution in [-0.4, -0.2) is 81.9 Å². The first-order chi connectivity index (χ1) is 15.6. The number of hydrogen-bond acceptors (Lipinski definition) is 6. The van der Waals surface area contributed by atoms with Gasteiger partial charge in [-0.3, -0.25) is 19.3 Å². The van der Waals surface area contributed by atoms with Crippen molar-refractivity contribution in [2.45, 2.75) is 38.8 Å². The summed E-state index contributed by atoms with van der Waals surface area (Å²) in [4.78, 5) is 28.9. The van der Waals surface area contributed by atoms with Gasteiger partial charge in [0.25, 0.3) is 5.91 Å². The van der Waals surface area contributed by atoms with Crippen LogP contribution in [0.3, 0.4) is 0 Å². The Labute approximate surface area is 192 Å². The Hall–Kier alpha value is -2.72. The normalized spacial score (nSPS) is 18.7. The zero-order valence-corrected chi connectivity index (χ0v) is 19.1. The Balaban J connectivity index is 1.32. The molecule has 0 aliphatic carbocycles. The van der Waals surface area contributed by atoms with Gasteiger partial charge in [-0.05, 0) is 56.2 Å². The van der Waals surface area contributed by atoms with Gasteiger partial charge in [0, 0.05) is 51.3 Å². The molecule has 9 nitrogen and oxygen atoms in total. The van der Waals surface area contributed by atoms with E-state index in [2.05, 4.69) is 10.2 Å². The molecule has 1 unspecified atom stereocenters. The maximum absolute atomic E-state index is 12.8. The molecule has 1 aromatic carbocycles. The van der Waals surface area contributed by atoms with Crippen molar-refractivity contribution in [1.82, 2.24) is 24.6 Å². The molecule has 4 rings (SSSR count). The van der Waals surface area contributed by atoms with E-state index in [-0.39, 0.29) is 17.9 Å². The lowest BCUT2D eigenvalue weighted by molar-refractivity contribution is -0.146. The lowest BCUT2D eigenvalue weighted by atomic mass is 10.2. The van der Waals surface area contributed by atoms with Crippen molar-refractivity contribution in [3.05, 3.63) is 29.0 Å². The molecule has 0 saturated carbocycles. The highest BCUT2D eigenvalue weighted by molar-refractivity contribution is 7.71. The Kier molecular flexibility index (Phi) is 7.21. The minimum absolute atomic E-state index is 0.0509. The predicted molar refractivity (Wildman–Crippen MR) is 121 cm³/mol. The van der Waals surface area contributed by atoms with Crippen molar-refractivity contribution >= 4 is 24.0 Å². The highest BCUT2D eigenvalue weighted by Crippen LogP contribution is 2.22. The third kappa shape index (κ3) is 5.02. The molecule has 0 spiro atoms. The number of carbonyl (C=O) groups is 2. The van der Waals surface area contributed by atoms with Crippen molar-refractivity contribution in [3.63, 3.8) is 0 Å². The van der Waals surface area contributed by atoms with Crippen LogP contribution in [0.25, 0.3) is 11.4 Å². The Morgan fingerprint density at radius 2 is 1.91 bits per heavy atom. The maximum atomic E-state index is 12.8. The molecular formula is C22H29N5O4S. The minimum atomic E-state index is -0.304. The average molecular weight is 460 g/mol. The molecule has 2 fully saturated rings. The van der Waals surface area contributed by atoms with Crippen LogP contribution in [0.2, 0.25) is 0 Å². The van der Waals surface area contributed by atoms with Crippen molar-refractivity contribution < 1.29 is 19.1 Å². The van der Waals surface area contributed by atoms with Gasteiger partial charge in [0.1, 0.15) is 11.9 Å². The van der Waals surface area contributed by atoms with Crippen LogP contribution >= 0.6 is 12.2 Å². The summed E-state index contributed by atoms with van der Waals surface area (Å²) < 4.78 is 13.3. The molecule has 0 radical (unpaired) electrons. The number of piperazine rings is 1. The van der Waals surface area contributed by atoms with Gasteiger partial charge in [-0.2, -0.15) is 5.10 Å². The summed E-state index contributed by atoms with van der Waals surface area (Å²) in [7, 11) is 0. The van der Waals surface area contributed by atoms with E-state index in [1.165, 1.54) is 0 Å². The third-order valence-electron chi connectivity index (χ3n) is 5.88. The predicted octanol–water partition coefficient (Wildman–Crippen LogP) is 2.25. The number of rotatable bonds is 7. The number of aromatic nitrogens is 3. The number of aromatic amines is 1. The van der Waals surface area contributed by atoms with Crippen molar-refractivity contribution in [2.75, 3.05) is 39.4 Å². The number of nitrogens with one attached hydrogen (secondary N) is 1. The third-order valence-corrected chi connectivity index (χ3v) is 6.19. The van der Waals surface area contributed by atoms with Crippen LogP contribution in [0.4, 0.5) is 0 Å². The van der Waals surface area contributed by atoms with Crippen molar-refractivity contribution in [2.24, 2.45) is 0 Å². The number of hydrogen-bond donors (Lipinski definition) is 1. The Morgan fingerprint density at radius 1 is 1.19 bits per heavy atom. The van der Waals surface area contributed by atoms with Gasteiger partial charge in [0.05, 0.1) is 6.61 Å². The summed E-state index contributed by atoms with van der Waals surface area (Å²) in [6, 6.07) is 7.64. The zero-order chi connectivity index (χ0) is 22.5. The smallest absolute Gasteiger partial charge is 0.251 e. The van der Waals surface area contributed by atoms with E-state index in [1.54, 1.807) is 0 Å². The second-order valence-electron chi connectivity index (χ2n) is 7.92. The molecule has 1 N–H and O–H groups in total. The van der Waals surface area contributed by atoms with E-state index in [0.29, 0.717) is 63.0 Å². The SMILES string of the molecule is CCOc1ccc(-c2n[nH]c(=S)n2CCC(=O)N2CCN(C(=O)C3CCCO3)CC2)cc1. The van der Waals surface area contributed by atoms with E-state index in [9.17, 15) is 9.59 Å². The molecule has 3 heterocycles. The highest BCUT2D eigenvalue weighted by Gasteiger charge is 2.31. The fourth-order valence-corrected chi connectivity index (χ4v) is 4.35. The number of carbonyl (C=O) groups excluding carboxylic acids is 2. The van der Waals surface area contributed by atoms with Crippen LogP contribution in [0.5, 0.6) is 5.75 Å². The Morgan fingerprint density at radius 3 is 2.56 bits per heavy atom. The standard InChI is InChI=1S/C22H29N5O4S/c1-2-30-17-7-5-16(6-8-17)20-23-24-22(32)27(20)10-9-19(28)25-11-13-26(14-12-25)21(29)18-4-3-15-31-18/h5-8,18H,2-4,9-15H2,1H3,(H,24,32). The Bertz CT molecular complexity index is 988. The summed E-state index contributed by atoms with van der Waals surface area (Å²) in [6.45, 7) is 5.82. The first-order valence-electron chi connectivity index (χ1n) is 11.1. The molecule has 32 heavy (non-hydrogen) atoms. The van der Waals surface area contributed by atoms with E-state index in [0.717, 1.165) is 24.2 Å². The molecule has 2 aliphatic rings. The second-order valence-corrected chi connectivity index (χ2v) is 8.31. The first-order valence-corrected chi connectivity index (χ1v) is 11.5. The quantitative estimate of drug-likeness (QED) is 0.639. The molecule has 1 aromatic heterocycles. The van der Waals surface area contributed by atoms with Gasteiger partial charge in [-0.1, -0.05) is 0 Å². The fourth-order valence-electron chi connectivity index (χ4n) is 4.13. The second kappa shape index (κ2) is 10.3. The van der Waals surface area contributed by atoms with Crippen molar-refractivity contribution in [1.29, 1.82) is 0 Å². The average Bonchev–Trinajstić information content (AvgIpc) is 3.48. The first kappa shape index (κ1) is 22.5. The molecule has 172 valence electrons. The van der Waals surface area contributed by atoms with Crippen LogP contribution < -0.4 is 4.74 Å². The van der Waals surface area contributed by atoms with Crippen LogP contribution in [0.1, 0.15) is 26.2 Å². The van der Waals surface area contributed by atoms with Gasteiger partial charge in [-0.15, -0.1) is 0 Å². The summed E-state index contributed by atoms with van der Waals surface area (Å²) in [5, 5.41) is 7.17. The zero-order valence-electron chi connectivity index (χ0n) is 18.3. The lowest BCUT2D eigenvalue weighted by Gasteiger charge is -2.35. The molecule has 2 saturated heterocycles. The highest BCUT2D eigenvalue weighted by atomic mass is 32.1. The van der Waals surface area contributed by atoms with E-state index < -0.39 is 0 Å². The number of benzene rings is 1. The molecule has 1 atom stereocenters. The molecule has 2 amide bonds. The van der Waals surface area contributed by atoms with Crippen LogP contribution in [0, 0.1) is 4.77 Å². The van der Waals surface area contributed by atoms with Crippen LogP contribution in [-0.2, 0) is 20.9 Å². The van der Waals surface area contributed by atoms with Crippen LogP contribution in [0.15, 0.2) is 24.3 Å². The number of nitrogens with zero attached hydrogens (tertiary/aromatic N) is 4. The number of ether oxygens (including phenoxy) is 2. The van der Waals surface area contributed by atoms with E-state index in [4.69, 9.17) is 21.7 Å². The molecule has 2 aromatic rings. The van der Waals surface area contributed by atoms with E-state index >= 15 is 0 Å². The van der Waals surface area contributed by atoms with Gasteiger partial charge in [0.15, 0.2) is 10.6 Å². The van der Waals surface area contributed by atoms with E-state index in [1.807, 2.05) is 45.6 Å². The van der Waals surface area contributed by atoms with Gasteiger partial charge in [-0.25, -0.2) is 0 Å². The van der Waals surface area contributed by atoms with Gasteiger partial charge < -0.3 is 19.3 Å². The molecular weight excluding hydrogens is 430 g/mol.